The lowest BCUT2D eigenvalue weighted by atomic mass is 10.1. The number of fused-ring (bicyclic) bond motifs is 5. The van der Waals surface area contributed by atoms with Crippen LogP contribution in [0, 0.1) is 6.92 Å². The second-order valence-corrected chi connectivity index (χ2v) is 8.76. The Morgan fingerprint density at radius 3 is 2.63 bits per heavy atom. The van der Waals surface area contributed by atoms with Crippen molar-refractivity contribution < 1.29 is 4.74 Å². The molecule has 0 spiro atoms. The van der Waals surface area contributed by atoms with Crippen LogP contribution in [0.2, 0.25) is 0 Å². The van der Waals surface area contributed by atoms with Gasteiger partial charge in [0.15, 0.2) is 5.82 Å². The van der Waals surface area contributed by atoms with Gasteiger partial charge in [-0.3, -0.25) is 0 Å². The number of hydrogen-bond acceptors (Lipinski definition) is 5. The van der Waals surface area contributed by atoms with Crippen molar-refractivity contribution in [2.75, 3.05) is 12.9 Å². The Balaban J connectivity index is 1.78. The summed E-state index contributed by atoms with van der Waals surface area (Å²) < 4.78 is 6.99. The molecule has 134 valence electrons. The third-order valence-electron chi connectivity index (χ3n) is 4.84. The highest BCUT2D eigenvalue weighted by molar-refractivity contribution is 7.99. The van der Waals surface area contributed by atoms with E-state index >= 15 is 0 Å². The summed E-state index contributed by atoms with van der Waals surface area (Å²) in [4.78, 5) is 12.3. The Morgan fingerprint density at radius 2 is 1.81 bits per heavy atom. The molecule has 2 aromatic heterocycles. The van der Waals surface area contributed by atoms with Crippen LogP contribution in [0.4, 0.5) is 0 Å². The highest BCUT2D eigenvalue weighted by Gasteiger charge is 2.25. The molecule has 5 heteroatoms. The Bertz CT molecular complexity index is 1150. The first kappa shape index (κ1) is 16.8. The van der Waals surface area contributed by atoms with Gasteiger partial charge in [0.2, 0.25) is 5.88 Å². The molecule has 2 aromatic carbocycles. The summed E-state index contributed by atoms with van der Waals surface area (Å²) in [5, 5.41) is 1.32. The molecule has 1 aliphatic rings. The summed E-state index contributed by atoms with van der Waals surface area (Å²) >= 11 is 3.73. The van der Waals surface area contributed by atoms with Crippen LogP contribution in [-0.4, -0.2) is 22.8 Å². The van der Waals surface area contributed by atoms with E-state index < -0.39 is 0 Å². The number of thioether (sulfide) groups is 1. The van der Waals surface area contributed by atoms with Gasteiger partial charge in [-0.05, 0) is 19.4 Å². The number of hydrogen-bond donors (Lipinski definition) is 0. The van der Waals surface area contributed by atoms with E-state index in [4.69, 9.17) is 14.7 Å². The number of rotatable bonds is 2. The van der Waals surface area contributed by atoms with E-state index in [1.54, 1.807) is 7.11 Å². The zero-order valence-corrected chi connectivity index (χ0v) is 16.8. The molecule has 5 rings (SSSR count). The summed E-state index contributed by atoms with van der Waals surface area (Å²) in [7, 11) is 1.70. The topological polar surface area (TPSA) is 35.0 Å². The summed E-state index contributed by atoms with van der Waals surface area (Å²) in [6, 6.07) is 17.0. The third-order valence-corrected chi connectivity index (χ3v) is 7.26. The molecular formula is C22H18N2OS2. The maximum atomic E-state index is 5.69. The molecule has 3 nitrogen and oxygen atoms in total. The molecule has 0 N–H and O–H groups in total. The first-order valence-electron chi connectivity index (χ1n) is 8.91. The molecule has 0 unspecified atom stereocenters. The van der Waals surface area contributed by atoms with Crippen molar-refractivity contribution in [1.82, 2.24) is 9.97 Å². The average molecular weight is 391 g/mol. The number of thiophene rings is 1. The number of benzene rings is 2. The van der Waals surface area contributed by atoms with Gasteiger partial charge in [0.25, 0.3) is 0 Å². The lowest BCUT2D eigenvalue weighted by Crippen LogP contribution is -2.03. The minimum atomic E-state index is 0.696. The molecule has 0 atom stereocenters. The second kappa shape index (κ2) is 6.66. The SMILES string of the molecule is COc1nc(-c2ccc(C)cc2)nc2c1CCSc1c-2sc2ccccc12. The number of ether oxygens (including phenoxy) is 1. The summed E-state index contributed by atoms with van der Waals surface area (Å²) in [6.45, 7) is 2.09. The number of methoxy groups -OCH3 is 1. The van der Waals surface area contributed by atoms with Crippen LogP contribution >= 0.6 is 23.1 Å². The number of aromatic nitrogens is 2. The summed E-state index contributed by atoms with van der Waals surface area (Å²) in [5.74, 6) is 2.42. The van der Waals surface area contributed by atoms with Crippen LogP contribution in [0.3, 0.4) is 0 Å². The lowest BCUT2D eigenvalue weighted by Gasteiger charge is -2.12. The van der Waals surface area contributed by atoms with Gasteiger partial charge >= 0.3 is 0 Å². The van der Waals surface area contributed by atoms with Gasteiger partial charge in [-0.1, -0.05) is 48.0 Å². The van der Waals surface area contributed by atoms with Crippen LogP contribution in [0.25, 0.3) is 32.0 Å². The van der Waals surface area contributed by atoms with Crippen molar-refractivity contribution >= 4 is 33.2 Å². The Hall–Kier alpha value is -2.37. The second-order valence-electron chi connectivity index (χ2n) is 6.60. The molecule has 0 bridgehead atoms. The predicted octanol–water partition coefficient (Wildman–Crippen LogP) is 5.99. The van der Waals surface area contributed by atoms with Crippen molar-refractivity contribution in [1.29, 1.82) is 0 Å². The first-order chi connectivity index (χ1) is 13.2. The first-order valence-corrected chi connectivity index (χ1v) is 10.7. The van der Waals surface area contributed by atoms with Crippen LogP contribution in [-0.2, 0) is 6.42 Å². The van der Waals surface area contributed by atoms with Crippen LogP contribution in [0.1, 0.15) is 11.1 Å². The van der Waals surface area contributed by atoms with E-state index in [1.165, 1.54) is 25.4 Å². The molecule has 0 saturated heterocycles. The molecule has 0 amide bonds. The van der Waals surface area contributed by atoms with E-state index in [0.717, 1.165) is 34.8 Å². The van der Waals surface area contributed by atoms with E-state index in [1.807, 2.05) is 23.1 Å². The van der Waals surface area contributed by atoms with Crippen molar-refractivity contribution in [2.45, 2.75) is 18.2 Å². The highest BCUT2D eigenvalue weighted by Crippen LogP contribution is 2.48. The zero-order chi connectivity index (χ0) is 18.4. The minimum absolute atomic E-state index is 0.696. The summed E-state index contributed by atoms with van der Waals surface area (Å²) in [5.41, 5.74) is 4.38. The smallest absolute Gasteiger partial charge is 0.220 e. The molecule has 0 aliphatic carbocycles. The molecule has 0 radical (unpaired) electrons. The Labute approximate surface area is 166 Å². The van der Waals surface area contributed by atoms with Crippen molar-refractivity contribution in [2.24, 2.45) is 0 Å². The van der Waals surface area contributed by atoms with Gasteiger partial charge in [-0.25, -0.2) is 4.98 Å². The van der Waals surface area contributed by atoms with Crippen LogP contribution in [0.15, 0.2) is 53.4 Å². The van der Waals surface area contributed by atoms with Gasteiger partial charge in [0, 0.05) is 31.9 Å². The molecule has 4 aromatic rings. The van der Waals surface area contributed by atoms with E-state index in [-0.39, 0.29) is 0 Å². The molecule has 0 fully saturated rings. The van der Waals surface area contributed by atoms with E-state index in [9.17, 15) is 0 Å². The fourth-order valence-corrected chi connectivity index (χ4v) is 6.01. The molecule has 0 saturated carbocycles. The lowest BCUT2D eigenvalue weighted by molar-refractivity contribution is 0.393. The van der Waals surface area contributed by atoms with E-state index in [2.05, 4.69) is 55.5 Å². The third kappa shape index (κ3) is 2.82. The minimum Gasteiger partial charge on any atom is -0.481 e. The highest BCUT2D eigenvalue weighted by atomic mass is 32.2. The fourth-order valence-electron chi connectivity index (χ4n) is 3.45. The fraction of sp³-hybridized carbons (Fsp3) is 0.182. The quantitative estimate of drug-likeness (QED) is 0.421. The van der Waals surface area contributed by atoms with Gasteiger partial charge in [0.05, 0.1) is 17.7 Å². The Morgan fingerprint density at radius 1 is 1.00 bits per heavy atom. The zero-order valence-electron chi connectivity index (χ0n) is 15.2. The van der Waals surface area contributed by atoms with Gasteiger partial charge < -0.3 is 4.74 Å². The van der Waals surface area contributed by atoms with Crippen LogP contribution in [0.5, 0.6) is 5.88 Å². The monoisotopic (exact) mass is 390 g/mol. The van der Waals surface area contributed by atoms with E-state index in [0.29, 0.717) is 5.88 Å². The van der Waals surface area contributed by atoms with Gasteiger partial charge in [-0.2, -0.15) is 4.98 Å². The molecule has 27 heavy (non-hydrogen) atoms. The molecule has 3 heterocycles. The maximum Gasteiger partial charge on any atom is 0.220 e. The van der Waals surface area contributed by atoms with Crippen molar-refractivity contribution in [3.05, 3.63) is 59.7 Å². The summed E-state index contributed by atoms with van der Waals surface area (Å²) in [6.07, 6.45) is 0.910. The standard InChI is InChI=1S/C22H18N2OS2/c1-13-7-9-14(10-8-13)21-23-18-16(22(24-21)25-2)11-12-26-19-15-5-3-4-6-17(15)27-20(18)19/h3-10H,11-12H2,1-2H3. The largest absolute Gasteiger partial charge is 0.481 e. The molecule has 1 aliphatic heterocycles. The number of nitrogens with zero attached hydrogens (tertiary/aromatic N) is 2. The van der Waals surface area contributed by atoms with Gasteiger partial charge in [-0.15, -0.1) is 23.1 Å². The maximum absolute atomic E-state index is 5.69. The van der Waals surface area contributed by atoms with Crippen molar-refractivity contribution in [3.8, 4) is 27.8 Å². The average Bonchev–Trinajstić information content (AvgIpc) is 2.97. The predicted molar refractivity (Wildman–Crippen MR) is 114 cm³/mol. The number of aryl methyl sites for hydroxylation is 1. The Kier molecular flexibility index (Phi) is 4.14. The molecular weight excluding hydrogens is 372 g/mol. The van der Waals surface area contributed by atoms with Gasteiger partial charge in [0.1, 0.15) is 0 Å². The van der Waals surface area contributed by atoms with Crippen molar-refractivity contribution in [3.63, 3.8) is 0 Å². The normalized spacial score (nSPS) is 13.1. The van der Waals surface area contributed by atoms with Crippen LogP contribution < -0.4 is 4.74 Å².